The largest absolute Gasteiger partial charge is 0.389 e. The molecule has 1 aliphatic rings. The minimum Gasteiger partial charge on any atom is -0.389 e. The van der Waals surface area contributed by atoms with Gasteiger partial charge in [0.2, 0.25) is 5.91 Å². The Labute approximate surface area is 75.6 Å². The highest BCUT2D eigenvalue weighted by Gasteiger charge is 2.36. The molecule has 6 nitrogen and oxygen atoms in total. The summed E-state index contributed by atoms with van der Waals surface area (Å²) in [7, 11) is 0. The summed E-state index contributed by atoms with van der Waals surface area (Å²) in [5.41, 5.74) is 0. The Morgan fingerprint density at radius 2 is 2.00 bits per heavy atom. The molecular weight excluding hydrogens is 176 g/mol. The third-order valence-corrected chi connectivity index (χ3v) is 1.99. The highest BCUT2D eigenvalue weighted by molar-refractivity contribution is 5.73. The average molecular weight is 190 g/mol. The van der Waals surface area contributed by atoms with Crippen LogP contribution in [0.4, 0.5) is 0 Å². The first kappa shape index (κ1) is 10.4. The molecule has 0 bridgehead atoms. The lowest BCUT2D eigenvalue weighted by molar-refractivity contribution is -0.127. The number of hydrogen-bond donors (Lipinski definition) is 5. The van der Waals surface area contributed by atoms with Gasteiger partial charge in [0.25, 0.3) is 0 Å². The zero-order valence-electron chi connectivity index (χ0n) is 7.27. The Balaban J connectivity index is 2.53. The van der Waals surface area contributed by atoms with Crippen LogP contribution in [0.5, 0.6) is 0 Å². The van der Waals surface area contributed by atoms with Crippen molar-refractivity contribution in [2.24, 2.45) is 0 Å². The van der Waals surface area contributed by atoms with Crippen molar-refractivity contribution in [2.45, 2.75) is 31.4 Å². The van der Waals surface area contributed by atoms with E-state index >= 15 is 0 Å². The Morgan fingerprint density at radius 3 is 2.54 bits per heavy atom. The molecule has 0 unspecified atom stereocenters. The van der Waals surface area contributed by atoms with E-state index in [1.165, 1.54) is 6.92 Å². The molecule has 5 N–H and O–H groups in total. The molecule has 1 rings (SSSR count). The van der Waals surface area contributed by atoms with Crippen LogP contribution in [0.2, 0.25) is 0 Å². The summed E-state index contributed by atoms with van der Waals surface area (Å²) < 4.78 is 0. The van der Waals surface area contributed by atoms with Crippen LogP contribution >= 0.6 is 0 Å². The molecule has 1 amide bonds. The van der Waals surface area contributed by atoms with Gasteiger partial charge >= 0.3 is 0 Å². The van der Waals surface area contributed by atoms with Gasteiger partial charge in [0.1, 0.15) is 18.4 Å². The van der Waals surface area contributed by atoms with Crippen molar-refractivity contribution in [2.75, 3.05) is 6.54 Å². The number of carbonyl (C=O) groups excluding carboxylic acids is 1. The number of hydrogen-bond acceptors (Lipinski definition) is 5. The minimum absolute atomic E-state index is 0.142. The second kappa shape index (κ2) is 4.01. The molecule has 0 aliphatic carbocycles. The highest BCUT2D eigenvalue weighted by Crippen LogP contribution is 2.08. The van der Waals surface area contributed by atoms with Crippen LogP contribution in [0, 0.1) is 0 Å². The molecule has 0 saturated carbocycles. The standard InChI is InChI=1S/C7H14N2O4/c1-3(10)9-7-6(13)5(12)4(11)2-8-7/h4-8,11-13H,2H2,1H3,(H,9,10)/t4-,5-,6-,7+/m1/s1. The van der Waals surface area contributed by atoms with Gasteiger partial charge in [0.05, 0.1) is 6.10 Å². The van der Waals surface area contributed by atoms with Gasteiger partial charge in [0.15, 0.2) is 0 Å². The van der Waals surface area contributed by atoms with E-state index in [1.54, 1.807) is 0 Å². The number of amides is 1. The molecule has 1 aliphatic heterocycles. The monoisotopic (exact) mass is 190 g/mol. The van der Waals surface area contributed by atoms with Gasteiger partial charge in [-0.3, -0.25) is 10.1 Å². The van der Waals surface area contributed by atoms with E-state index in [2.05, 4.69) is 10.6 Å². The summed E-state index contributed by atoms with van der Waals surface area (Å²) in [5.74, 6) is -0.305. The van der Waals surface area contributed by atoms with Crippen molar-refractivity contribution in [3.63, 3.8) is 0 Å². The third-order valence-electron chi connectivity index (χ3n) is 1.99. The van der Waals surface area contributed by atoms with E-state index in [1.807, 2.05) is 0 Å². The van der Waals surface area contributed by atoms with Crippen LogP contribution < -0.4 is 10.6 Å². The van der Waals surface area contributed by atoms with Gasteiger partial charge < -0.3 is 20.6 Å². The summed E-state index contributed by atoms with van der Waals surface area (Å²) in [4.78, 5) is 10.6. The number of rotatable bonds is 1. The van der Waals surface area contributed by atoms with Gasteiger partial charge in [-0.15, -0.1) is 0 Å². The van der Waals surface area contributed by atoms with E-state index in [-0.39, 0.29) is 12.5 Å². The van der Waals surface area contributed by atoms with Crippen molar-refractivity contribution >= 4 is 5.91 Å². The molecule has 6 heteroatoms. The third kappa shape index (κ3) is 2.38. The van der Waals surface area contributed by atoms with Crippen LogP contribution in [0.3, 0.4) is 0 Å². The lowest BCUT2D eigenvalue weighted by Crippen LogP contribution is -2.65. The van der Waals surface area contributed by atoms with Gasteiger partial charge in [0, 0.05) is 13.5 Å². The first-order chi connectivity index (χ1) is 6.02. The second-order valence-electron chi connectivity index (χ2n) is 3.13. The zero-order chi connectivity index (χ0) is 10.0. The molecule has 76 valence electrons. The van der Waals surface area contributed by atoms with Gasteiger partial charge in [-0.1, -0.05) is 0 Å². The normalized spacial score (nSPS) is 40.0. The molecule has 0 aromatic rings. The van der Waals surface area contributed by atoms with Crippen molar-refractivity contribution < 1.29 is 20.1 Å². The summed E-state index contributed by atoms with van der Waals surface area (Å²) in [5, 5.41) is 32.8. The summed E-state index contributed by atoms with van der Waals surface area (Å²) in [6, 6.07) is 0. The summed E-state index contributed by atoms with van der Waals surface area (Å²) in [6.07, 6.45) is -4.11. The van der Waals surface area contributed by atoms with Crippen molar-refractivity contribution in [1.82, 2.24) is 10.6 Å². The predicted molar refractivity (Wildman–Crippen MR) is 43.6 cm³/mol. The Bertz CT molecular complexity index is 199. The fourth-order valence-corrected chi connectivity index (χ4v) is 1.27. The Hall–Kier alpha value is -0.690. The molecule has 0 aromatic carbocycles. The van der Waals surface area contributed by atoms with Crippen LogP contribution in [0.15, 0.2) is 0 Å². The topological polar surface area (TPSA) is 102 Å². The molecule has 1 heterocycles. The van der Waals surface area contributed by atoms with E-state index < -0.39 is 24.5 Å². The predicted octanol–water partition coefficient (Wildman–Crippen LogP) is -2.87. The van der Waals surface area contributed by atoms with Crippen molar-refractivity contribution in [3.8, 4) is 0 Å². The van der Waals surface area contributed by atoms with Crippen LogP contribution in [0.1, 0.15) is 6.92 Å². The van der Waals surface area contributed by atoms with Crippen LogP contribution in [-0.4, -0.2) is 52.2 Å². The summed E-state index contributed by atoms with van der Waals surface area (Å²) >= 11 is 0. The number of carbonyl (C=O) groups is 1. The minimum atomic E-state index is -1.22. The lowest BCUT2D eigenvalue weighted by Gasteiger charge is -2.36. The zero-order valence-corrected chi connectivity index (χ0v) is 7.27. The molecule has 0 radical (unpaired) electrons. The lowest BCUT2D eigenvalue weighted by atomic mass is 10.0. The fourth-order valence-electron chi connectivity index (χ4n) is 1.27. The maximum atomic E-state index is 10.6. The molecule has 1 fully saturated rings. The number of nitrogens with one attached hydrogen (secondary N) is 2. The van der Waals surface area contributed by atoms with Gasteiger partial charge in [-0.25, -0.2) is 0 Å². The molecular formula is C7H14N2O4. The van der Waals surface area contributed by atoms with Crippen LogP contribution in [-0.2, 0) is 4.79 Å². The molecule has 0 aromatic heterocycles. The highest BCUT2D eigenvalue weighted by atomic mass is 16.4. The quantitative estimate of drug-likeness (QED) is 0.306. The second-order valence-corrected chi connectivity index (χ2v) is 3.13. The molecule has 0 spiro atoms. The fraction of sp³-hybridized carbons (Fsp3) is 0.857. The van der Waals surface area contributed by atoms with E-state index in [0.29, 0.717) is 0 Å². The molecule has 13 heavy (non-hydrogen) atoms. The molecule has 4 atom stereocenters. The van der Waals surface area contributed by atoms with E-state index in [9.17, 15) is 15.0 Å². The first-order valence-corrected chi connectivity index (χ1v) is 4.07. The first-order valence-electron chi connectivity index (χ1n) is 4.07. The van der Waals surface area contributed by atoms with Gasteiger partial charge in [-0.2, -0.15) is 0 Å². The maximum absolute atomic E-state index is 10.6. The summed E-state index contributed by atoms with van der Waals surface area (Å²) in [6.45, 7) is 1.45. The van der Waals surface area contributed by atoms with Crippen LogP contribution in [0.25, 0.3) is 0 Å². The Kier molecular flexibility index (Phi) is 3.21. The Morgan fingerprint density at radius 1 is 1.38 bits per heavy atom. The van der Waals surface area contributed by atoms with E-state index in [0.717, 1.165) is 0 Å². The number of piperidine rings is 1. The maximum Gasteiger partial charge on any atom is 0.218 e. The molecule has 1 saturated heterocycles. The number of aliphatic hydroxyl groups excluding tert-OH is 3. The smallest absolute Gasteiger partial charge is 0.218 e. The van der Waals surface area contributed by atoms with Crippen molar-refractivity contribution in [1.29, 1.82) is 0 Å². The number of aliphatic hydroxyl groups is 3. The van der Waals surface area contributed by atoms with Gasteiger partial charge in [-0.05, 0) is 0 Å². The number of β-amino-alcohol motifs (C(OH)–C–C–N with tert-alkyl or cyclic N) is 1. The SMILES string of the molecule is CC(=O)N[C@@H]1NC[C@@H](O)[C@@H](O)[C@H]1O. The average Bonchev–Trinajstić information content (AvgIpc) is 2.06. The van der Waals surface area contributed by atoms with Crippen molar-refractivity contribution in [3.05, 3.63) is 0 Å². The van der Waals surface area contributed by atoms with E-state index in [4.69, 9.17) is 5.11 Å².